The first-order chi connectivity index (χ1) is 10.7. The van der Waals surface area contributed by atoms with E-state index in [1.165, 1.54) is 33.3 Å². The molecule has 4 N–H and O–H groups in total. The molecule has 8 nitrogen and oxygen atoms in total. The molecule has 1 aromatic carbocycles. The van der Waals surface area contributed by atoms with Gasteiger partial charge < -0.3 is 21.1 Å². The second kappa shape index (κ2) is 8.25. The Labute approximate surface area is 137 Å². The molecule has 1 unspecified atom stereocenters. The number of nitrogens with zero attached hydrogens (tertiary/aromatic N) is 1. The molecule has 0 radical (unpaired) electrons. The Kier molecular flexibility index (Phi) is 6.95. The highest BCUT2D eigenvalue weighted by Gasteiger charge is 2.20. The molecule has 0 aliphatic carbocycles. The van der Waals surface area contributed by atoms with Gasteiger partial charge in [0.2, 0.25) is 15.9 Å². The predicted molar refractivity (Wildman–Crippen MR) is 90.0 cm³/mol. The van der Waals surface area contributed by atoms with Crippen LogP contribution < -0.4 is 16.4 Å². The van der Waals surface area contributed by atoms with E-state index in [1.54, 1.807) is 6.07 Å². The molecule has 0 bridgehead atoms. The molecule has 0 aliphatic heterocycles. The van der Waals surface area contributed by atoms with Crippen LogP contribution in [-0.2, 0) is 19.6 Å². The van der Waals surface area contributed by atoms with Crippen molar-refractivity contribution in [3.8, 4) is 0 Å². The van der Waals surface area contributed by atoms with Gasteiger partial charge in [0.15, 0.2) is 0 Å². The Morgan fingerprint density at radius 2 is 2.00 bits per heavy atom. The van der Waals surface area contributed by atoms with Crippen LogP contribution in [-0.4, -0.2) is 59.0 Å². The van der Waals surface area contributed by atoms with Crippen molar-refractivity contribution < 1.29 is 17.9 Å². The molecule has 1 rings (SSSR count). The number of ether oxygens (including phenoxy) is 1. The van der Waals surface area contributed by atoms with E-state index in [0.717, 1.165) is 4.31 Å². The van der Waals surface area contributed by atoms with Gasteiger partial charge >= 0.3 is 0 Å². The van der Waals surface area contributed by atoms with Crippen LogP contribution in [0.1, 0.15) is 6.92 Å². The summed E-state index contributed by atoms with van der Waals surface area (Å²) in [4.78, 5) is 12.1. The zero-order valence-corrected chi connectivity index (χ0v) is 14.6. The molecule has 0 aliphatic rings. The normalized spacial score (nSPS) is 13.0. The fraction of sp³-hybridized carbons (Fsp3) is 0.500. The molecule has 23 heavy (non-hydrogen) atoms. The summed E-state index contributed by atoms with van der Waals surface area (Å²) in [6.45, 7) is 2.58. The minimum atomic E-state index is -3.60. The summed E-state index contributed by atoms with van der Waals surface area (Å²) < 4.78 is 30.4. The molecule has 0 heterocycles. The Bertz CT molecular complexity index is 646. The topological polar surface area (TPSA) is 114 Å². The number of carbonyl (C=O) groups is 1. The molecule has 9 heteroatoms. The van der Waals surface area contributed by atoms with Crippen LogP contribution in [0.2, 0.25) is 0 Å². The number of methoxy groups -OCH3 is 1. The second-order valence-corrected chi connectivity index (χ2v) is 7.23. The Hall–Kier alpha value is -1.68. The Morgan fingerprint density at radius 3 is 2.52 bits per heavy atom. The first-order valence-corrected chi connectivity index (χ1v) is 8.53. The summed E-state index contributed by atoms with van der Waals surface area (Å²) in [5.74, 6) is -0.453. The highest BCUT2D eigenvalue weighted by atomic mass is 32.2. The van der Waals surface area contributed by atoms with Crippen molar-refractivity contribution in [2.45, 2.75) is 17.9 Å². The van der Waals surface area contributed by atoms with Gasteiger partial charge in [-0.2, -0.15) is 0 Å². The van der Waals surface area contributed by atoms with Crippen LogP contribution in [0.25, 0.3) is 0 Å². The number of sulfonamides is 1. The first kappa shape index (κ1) is 19.4. The molecule has 0 spiro atoms. The summed E-state index contributed by atoms with van der Waals surface area (Å²) in [6, 6.07) is 3.66. The van der Waals surface area contributed by atoms with Crippen molar-refractivity contribution in [1.82, 2.24) is 4.31 Å². The van der Waals surface area contributed by atoms with Gasteiger partial charge in [-0.05, 0) is 25.1 Å². The lowest BCUT2D eigenvalue weighted by molar-refractivity contribution is -0.118. The fourth-order valence-electron chi connectivity index (χ4n) is 1.82. The third-order valence-electron chi connectivity index (χ3n) is 3.08. The van der Waals surface area contributed by atoms with Crippen LogP contribution in [0.5, 0.6) is 0 Å². The van der Waals surface area contributed by atoms with Crippen molar-refractivity contribution in [3.05, 3.63) is 18.2 Å². The molecule has 0 fully saturated rings. The maximum Gasteiger partial charge on any atom is 0.243 e. The number of benzene rings is 1. The summed E-state index contributed by atoms with van der Waals surface area (Å²) in [5.41, 5.74) is 6.65. The number of hydrogen-bond donors (Lipinski definition) is 3. The monoisotopic (exact) mass is 344 g/mol. The summed E-state index contributed by atoms with van der Waals surface area (Å²) in [5, 5.41) is 5.71. The number of carbonyl (C=O) groups excluding carboxylic acids is 1. The molecule has 0 saturated heterocycles. The van der Waals surface area contributed by atoms with E-state index in [-0.39, 0.29) is 11.5 Å². The number of nitrogens with two attached hydrogens (primary N) is 1. The molecule has 1 atom stereocenters. The Morgan fingerprint density at radius 1 is 1.35 bits per heavy atom. The standard InChI is InChI=1S/C14H24N4O4S/c1-5-16-12-7-6-10(23(20,21)18(2)3)8-13(12)17-14(19)11(15)9-22-4/h6-8,11,16H,5,9,15H2,1-4H3,(H,17,19). The van der Waals surface area contributed by atoms with Gasteiger partial charge in [-0.15, -0.1) is 0 Å². The van der Waals surface area contributed by atoms with Crippen LogP contribution >= 0.6 is 0 Å². The zero-order valence-electron chi connectivity index (χ0n) is 13.8. The van der Waals surface area contributed by atoms with Crippen molar-refractivity contribution >= 4 is 27.3 Å². The van der Waals surface area contributed by atoms with Gasteiger partial charge in [0.05, 0.1) is 22.9 Å². The van der Waals surface area contributed by atoms with Crippen LogP contribution in [0.3, 0.4) is 0 Å². The van der Waals surface area contributed by atoms with Gasteiger partial charge in [-0.3, -0.25) is 4.79 Å². The average Bonchev–Trinajstić information content (AvgIpc) is 2.49. The molecular formula is C14H24N4O4S. The largest absolute Gasteiger partial charge is 0.384 e. The highest BCUT2D eigenvalue weighted by Crippen LogP contribution is 2.26. The van der Waals surface area contributed by atoms with Gasteiger partial charge in [-0.1, -0.05) is 0 Å². The van der Waals surface area contributed by atoms with Gasteiger partial charge in [-0.25, -0.2) is 12.7 Å². The molecule has 0 aromatic heterocycles. The third-order valence-corrected chi connectivity index (χ3v) is 4.89. The minimum Gasteiger partial charge on any atom is -0.384 e. The number of nitrogens with one attached hydrogen (secondary N) is 2. The Balaban J connectivity index is 3.19. The zero-order chi connectivity index (χ0) is 17.6. The maximum absolute atomic E-state index is 12.2. The lowest BCUT2D eigenvalue weighted by atomic mass is 10.2. The number of hydrogen-bond acceptors (Lipinski definition) is 6. The summed E-state index contributed by atoms with van der Waals surface area (Å²) >= 11 is 0. The third kappa shape index (κ3) is 4.90. The molecule has 1 aromatic rings. The van der Waals surface area contributed by atoms with Crippen molar-refractivity contribution in [1.29, 1.82) is 0 Å². The van der Waals surface area contributed by atoms with E-state index in [0.29, 0.717) is 17.9 Å². The number of anilines is 2. The lowest BCUT2D eigenvalue weighted by Crippen LogP contribution is -2.39. The van der Waals surface area contributed by atoms with Gasteiger partial charge in [0.1, 0.15) is 6.04 Å². The van der Waals surface area contributed by atoms with Crippen molar-refractivity contribution in [2.24, 2.45) is 5.73 Å². The molecule has 1 amide bonds. The van der Waals surface area contributed by atoms with E-state index in [4.69, 9.17) is 10.5 Å². The van der Waals surface area contributed by atoms with Crippen LogP contribution in [0, 0.1) is 0 Å². The van der Waals surface area contributed by atoms with Gasteiger partial charge in [0.25, 0.3) is 0 Å². The molecule has 130 valence electrons. The van der Waals surface area contributed by atoms with E-state index in [9.17, 15) is 13.2 Å². The van der Waals surface area contributed by atoms with Gasteiger partial charge in [0, 0.05) is 27.7 Å². The van der Waals surface area contributed by atoms with E-state index >= 15 is 0 Å². The van der Waals surface area contributed by atoms with E-state index in [2.05, 4.69) is 10.6 Å². The number of amides is 1. The SMILES string of the molecule is CCNc1ccc(S(=O)(=O)N(C)C)cc1NC(=O)C(N)COC. The lowest BCUT2D eigenvalue weighted by Gasteiger charge is -2.17. The smallest absolute Gasteiger partial charge is 0.243 e. The molecular weight excluding hydrogens is 320 g/mol. The van der Waals surface area contributed by atoms with E-state index in [1.807, 2.05) is 6.92 Å². The maximum atomic E-state index is 12.2. The highest BCUT2D eigenvalue weighted by molar-refractivity contribution is 7.89. The fourth-order valence-corrected chi connectivity index (χ4v) is 2.75. The summed E-state index contributed by atoms with van der Waals surface area (Å²) in [7, 11) is 0.736. The van der Waals surface area contributed by atoms with Crippen LogP contribution in [0.15, 0.2) is 23.1 Å². The second-order valence-electron chi connectivity index (χ2n) is 5.08. The quantitative estimate of drug-likeness (QED) is 0.624. The van der Waals surface area contributed by atoms with Crippen molar-refractivity contribution in [3.63, 3.8) is 0 Å². The average molecular weight is 344 g/mol. The van der Waals surface area contributed by atoms with E-state index < -0.39 is 22.0 Å². The summed E-state index contributed by atoms with van der Waals surface area (Å²) in [6.07, 6.45) is 0. The molecule has 0 saturated carbocycles. The first-order valence-electron chi connectivity index (χ1n) is 7.09. The van der Waals surface area contributed by atoms with Crippen molar-refractivity contribution in [2.75, 3.05) is 45.0 Å². The van der Waals surface area contributed by atoms with Crippen LogP contribution in [0.4, 0.5) is 11.4 Å². The minimum absolute atomic E-state index is 0.0675. The number of rotatable bonds is 8. The predicted octanol–water partition coefficient (Wildman–Crippen LogP) is 0.281.